The van der Waals surface area contributed by atoms with Crippen LogP contribution in [0.2, 0.25) is 0 Å². The molecule has 104 valence electrons. The Labute approximate surface area is 109 Å². The quantitative estimate of drug-likeness (QED) is 0.658. The number of benzene rings is 1. The maximum atomic E-state index is 13.4. The zero-order chi connectivity index (χ0) is 14.6. The van der Waals surface area contributed by atoms with Crippen LogP contribution in [0.25, 0.3) is 0 Å². The molecule has 19 heavy (non-hydrogen) atoms. The van der Waals surface area contributed by atoms with Gasteiger partial charge in [0.05, 0.1) is 11.8 Å². The van der Waals surface area contributed by atoms with Gasteiger partial charge in [-0.2, -0.15) is 0 Å². The highest BCUT2D eigenvalue weighted by Crippen LogP contribution is 2.15. The number of hydrogen-bond donors (Lipinski definition) is 4. The SMILES string of the molecule is Cc1ccc(F)c(NC(=O)NC(C(=O)O)C(C)O)c1. The fraction of sp³-hybridized carbons (Fsp3) is 0.333. The van der Waals surface area contributed by atoms with E-state index in [1.807, 2.05) is 5.32 Å². The largest absolute Gasteiger partial charge is 0.480 e. The third-order valence-corrected chi connectivity index (χ3v) is 2.41. The molecule has 2 atom stereocenters. The first kappa shape index (κ1) is 14.9. The third kappa shape index (κ3) is 4.22. The van der Waals surface area contributed by atoms with Gasteiger partial charge in [-0.25, -0.2) is 14.0 Å². The fourth-order valence-electron chi connectivity index (χ4n) is 1.42. The summed E-state index contributed by atoms with van der Waals surface area (Å²) in [5.41, 5.74) is 0.675. The van der Waals surface area contributed by atoms with Crippen LogP contribution in [0.15, 0.2) is 18.2 Å². The molecule has 7 heteroatoms. The highest BCUT2D eigenvalue weighted by atomic mass is 19.1. The first-order valence-electron chi connectivity index (χ1n) is 5.56. The van der Waals surface area contributed by atoms with Gasteiger partial charge in [-0.05, 0) is 31.5 Å². The van der Waals surface area contributed by atoms with Crippen molar-refractivity contribution in [3.8, 4) is 0 Å². The first-order chi connectivity index (χ1) is 8.81. The van der Waals surface area contributed by atoms with E-state index in [0.717, 1.165) is 5.56 Å². The van der Waals surface area contributed by atoms with Crippen LogP contribution >= 0.6 is 0 Å². The highest BCUT2D eigenvalue weighted by molar-refractivity contribution is 5.92. The van der Waals surface area contributed by atoms with Crippen LogP contribution in [0, 0.1) is 12.7 Å². The molecule has 0 spiro atoms. The van der Waals surface area contributed by atoms with Crippen LogP contribution in [0.4, 0.5) is 14.9 Å². The van der Waals surface area contributed by atoms with E-state index in [-0.39, 0.29) is 5.69 Å². The summed E-state index contributed by atoms with van der Waals surface area (Å²) in [4.78, 5) is 22.3. The molecular formula is C12H15FN2O4. The zero-order valence-electron chi connectivity index (χ0n) is 10.5. The summed E-state index contributed by atoms with van der Waals surface area (Å²) >= 11 is 0. The molecule has 1 rings (SSSR count). The summed E-state index contributed by atoms with van der Waals surface area (Å²) < 4.78 is 13.4. The number of aliphatic hydroxyl groups excluding tert-OH is 1. The van der Waals surface area contributed by atoms with Gasteiger partial charge >= 0.3 is 12.0 Å². The van der Waals surface area contributed by atoms with Gasteiger partial charge in [0, 0.05) is 0 Å². The van der Waals surface area contributed by atoms with Crippen molar-refractivity contribution in [3.05, 3.63) is 29.6 Å². The molecule has 0 saturated heterocycles. The Morgan fingerprint density at radius 3 is 2.53 bits per heavy atom. The Hall–Kier alpha value is -2.15. The molecule has 2 unspecified atom stereocenters. The number of aryl methyl sites for hydroxylation is 1. The summed E-state index contributed by atoms with van der Waals surface area (Å²) in [5.74, 6) is -2.01. The molecule has 0 radical (unpaired) electrons. The average molecular weight is 270 g/mol. The first-order valence-corrected chi connectivity index (χ1v) is 5.56. The van der Waals surface area contributed by atoms with Gasteiger partial charge in [-0.15, -0.1) is 0 Å². The van der Waals surface area contributed by atoms with E-state index < -0.39 is 30.0 Å². The maximum absolute atomic E-state index is 13.4. The van der Waals surface area contributed by atoms with E-state index in [9.17, 15) is 19.1 Å². The van der Waals surface area contributed by atoms with E-state index in [0.29, 0.717) is 0 Å². The number of anilines is 1. The molecule has 1 aromatic carbocycles. The highest BCUT2D eigenvalue weighted by Gasteiger charge is 2.25. The van der Waals surface area contributed by atoms with Crippen molar-refractivity contribution in [3.63, 3.8) is 0 Å². The molecule has 4 N–H and O–H groups in total. The van der Waals surface area contributed by atoms with Gasteiger partial charge in [-0.3, -0.25) is 0 Å². The lowest BCUT2D eigenvalue weighted by molar-refractivity contribution is -0.141. The number of carboxylic acids is 1. The van der Waals surface area contributed by atoms with Gasteiger partial charge in [0.1, 0.15) is 5.82 Å². The number of halogens is 1. The molecule has 0 aliphatic rings. The molecule has 0 saturated carbocycles. The number of nitrogens with one attached hydrogen (secondary N) is 2. The van der Waals surface area contributed by atoms with Crippen LogP contribution in [0.3, 0.4) is 0 Å². The number of carboxylic acid groups (broad SMARTS) is 1. The minimum atomic E-state index is -1.46. The number of urea groups is 1. The molecule has 0 aliphatic carbocycles. The summed E-state index contributed by atoms with van der Waals surface area (Å²) in [6.07, 6.45) is -1.27. The molecule has 6 nitrogen and oxygen atoms in total. The van der Waals surface area contributed by atoms with Gasteiger partial charge in [0.2, 0.25) is 0 Å². The molecule has 0 bridgehead atoms. The third-order valence-electron chi connectivity index (χ3n) is 2.41. The second-order valence-corrected chi connectivity index (χ2v) is 4.14. The molecule has 0 heterocycles. The number of carbonyl (C=O) groups excluding carboxylic acids is 1. The van der Waals surface area contributed by atoms with Crippen molar-refractivity contribution in [2.24, 2.45) is 0 Å². The minimum absolute atomic E-state index is 0.0627. The molecule has 0 aromatic heterocycles. The Balaban J connectivity index is 2.74. The second kappa shape index (κ2) is 6.14. The van der Waals surface area contributed by atoms with Gasteiger partial charge in [-0.1, -0.05) is 6.07 Å². The normalized spacial score (nSPS) is 13.5. The molecule has 2 amide bonds. The van der Waals surface area contributed by atoms with E-state index in [1.54, 1.807) is 6.92 Å². The van der Waals surface area contributed by atoms with Crippen molar-refractivity contribution >= 4 is 17.7 Å². The van der Waals surface area contributed by atoms with Gasteiger partial charge < -0.3 is 20.8 Å². The van der Waals surface area contributed by atoms with Crippen molar-refractivity contribution in [2.75, 3.05) is 5.32 Å². The molecular weight excluding hydrogens is 255 g/mol. The molecule has 0 aliphatic heterocycles. The number of aliphatic hydroxyl groups is 1. The van der Waals surface area contributed by atoms with E-state index in [4.69, 9.17) is 5.11 Å². The lowest BCUT2D eigenvalue weighted by Gasteiger charge is -2.17. The number of aliphatic carboxylic acids is 1. The van der Waals surface area contributed by atoms with E-state index in [1.165, 1.54) is 25.1 Å². The van der Waals surface area contributed by atoms with Gasteiger partial charge in [0.15, 0.2) is 6.04 Å². The Kier molecular flexibility index (Phi) is 4.82. The van der Waals surface area contributed by atoms with E-state index in [2.05, 4.69) is 5.32 Å². The van der Waals surface area contributed by atoms with E-state index >= 15 is 0 Å². The number of hydrogen-bond acceptors (Lipinski definition) is 3. The Morgan fingerprint density at radius 2 is 2.00 bits per heavy atom. The minimum Gasteiger partial charge on any atom is -0.480 e. The van der Waals surface area contributed by atoms with Crippen LogP contribution < -0.4 is 10.6 Å². The predicted octanol–water partition coefficient (Wildman–Crippen LogP) is 1.09. The molecule has 0 fully saturated rings. The average Bonchev–Trinajstić information content (AvgIpc) is 2.30. The lowest BCUT2D eigenvalue weighted by Crippen LogP contribution is -2.49. The van der Waals surface area contributed by atoms with Crippen molar-refractivity contribution in [1.29, 1.82) is 0 Å². The van der Waals surface area contributed by atoms with Crippen molar-refractivity contribution < 1.29 is 24.2 Å². The standard InChI is InChI=1S/C12H15FN2O4/c1-6-3-4-8(13)9(5-6)14-12(19)15-10(7(2)16)11(17)18/h3-5,7,10,16H,1-2H3,(H,17,18)(H2,14,15,19). The smallest absolute Gasteiger partial charge is 0.328 e. The summed E-state index contributed by atoms with van der Waals surface area (Å²) in [6.45, 7) is 2.95. The summed E-state index contributed by atoms with van der Waals surface area (Å²) in [5, 5.41) is 22.2. The monoisotopic (exact) mass is 270 g/mol. The van der Waals surface area contributed by atoms with Gasteiger partial charge in [0.25, 0.3) is 0 Å². The molecule has 1 aromatic rings. The topological polar surface area (TPSA) is 98.7 Å². The lowest BCUT2D eigenvalue weighted by atomic mass is 10.2. The number of amides is 2. The van der Waals surface area contributed by atoms with Crippen molar-refractivity contribution in [2.45, 2.75) is 26.0 Å². The predicted molar refractivity (Wildman–Crippen MR) is 66.4 cm³/mol. The maximum Gasteiger partial charge on any atom is 0.328 e. The van der Waals surface area contributed by atoms with Crippen molar-refractivity contribution in [1.82, 2.24) is 5.32 Å². The fourth-order valence-corrected chi connectivity index (χ4v) is 1.42. The Bertz CT molecular complexity index is 491. The summed E-state index contributed by atoms with van der Waals surface area (Å²) in [6, 6.07) is 1.76. The van der Waals surface area contributed by atoms with Crippen LogP contribution in [0.5, 0.6) is 0 Å². The Morgan fingerprint density at radius 1 is 1.37 bits per heavy atom. The second-order valence-electron chi connectivity index (χ2n) is 4.14. The summed E-state index contributed by atoms with van der Waals surface area (Å²) in [7, 11) is 0. The van der Waals surface area contributed by atoms with Crippen LogP contribution in [0.1, 0.15) is 12.5 Å². The number of carbonyl (C=O) groups is 2. The zero-order valence-corrected chi connectivity index (χ0v) is 10.5. The van der Waals surface area contributed by atoms with Crippen LogP contribution in [-0.2, 0) is 4.79 Å². The number of rotatable bonds is 4. The van der Waals surface area contributed by atoms with Crippen LogP contribution in [-0.4, -0.2) is 34.4 Å².